The molecule has 0 aromatic rings. The highest BCUT2D eigenvalue weighted by molar-refractivity contribution is 4.97. The summed E-state index contributed by atoms with van der Waals surface area (Å²) in [5, 5.41) is 3.37. The molecule has 0 aromatic carbocycles. The molecule has 1 atom stereocenters. The predicted octanol–water partition coefficient (Wildman–Crippen LogP) is 1.54. The van der Waals surface area contributed by atoms with Crippen LogP contribution < -0.4 is 5.32 Å². The molecular weight excluding hydrogens is 210 g/mol. The third-order valence-electron chi connectivity index (χ3n) is 4.79. The van der Waals surface area contributed by atoms with Crippen molar-refractivity contribution in [2.75, 3.05) is 33.7 Å². The molecule has 3 nitrogen and oxygen atoms in total. The van der Waals surface area contributed by atoms with E-state index >= 15 is 0 Å². The number of likely N-dealkylation sites (N-methyl/N-ethyl adjacent to an activating group) is 2. The Morgan fingerprint density at radius 3 is 2.47 bits per heavy atom. The van der Waals surface area contributed by atoms with Crippen LogP contribution in [0.3, 0.4) is 0 Å². The second-order valence-electron chi connectivity index (χ2n) is 6.52. The lowest BCUT2D eigenvalue weighted by Gasteiger charge is -2.52. The van der Waals surface area contributed by atoms with E-state index in [0.29, 0.717) is 11.6 Å². The quantitative estimate of drug-likeness (QED) is 0.806. The van der Waals surface area contributed by atoms with Crippen molar-refractivity contribution in [2.45, 2.75) is 57.2 Å². The van der Waals surface area contributed by atoms with Gasteiger partial charge in [0.25, 0.3) is 0 Å². The summed E-state index contributed by atoms with van der Waals surface area (Å²) in [5.74, 6) is 0. The zero-order valence-electron chi connectivity index (χ0n) is 12.0. The smallest absolute Gasteiger partial charge is 0.0351 e. The minimum atomic E-state index is 0.326. The lowest BCUT2D eigenvalue weighted by molar-refractivity contribution is -0.0224. The van der Waals surface area contributed by atoms with Gasteiger partial charge in [0.15, 0.2) is 0 Å². The lowest BCUT2D eigenvalue weighted by atomic mass is 9.94. The van der Waals surface area contributed by atoms with Crippen LogP contribution in [-0.2, 0) is 0 Å². The molecule has 17 heavy (non-hydrogen) atoms. The van der Waals surface area contributed by atoms with Crippen LogP contribution in [-0.4, -0.2) is 61.2 Å². The minimum absolute atomic E-state index is 0.326. The van der Waals surface area contributed by atoms with Gasteiger partial charge < -0.3 is 5.32 Å². The van der Waals surface area contributed by atoms with Crippen molar-refractivity contribution in [3.05, 3.63) is 0 Å². The molecule has 1 unspecified atom stereocenters. The lowest BCUT2D eigenvalue weighted by Crippen LogP contribution is -2.65. The van der Waals surface area contributed by atoms with Crippen molar-refractivity contribution >= 4 is 0 Å². The van der Waals surface area contributed by atoms with E-state index < -0.39 is 0 Å². The van der Waals surface area contributed by atoms with Crippen molar-refractivity contribution in [3.8, 4) is 0 Å². The van der Waals surface area contributed by atoms with E-state index in [1.807, 2.05) is 0 Å². The van der Waals surface area contributed by atoms with Gasteiger partial charge >= 0.3 is 0 Å². The van der Waals surface area contributed by atoms with Crippen molar-refractivity contribution in [1.82, 2.24) is 15.1 Å². The molecule has 3 heteroatoms. The first kappa shape index (κ1) is 13.3. The van der Waals surface area contributed by atoms with Gasteiger partial charge in [-0.05, 0) is 40.8 Å². The Kier molecular flexibility index (Phi) is 4.11. The second kappa shape index (κ2) is 5.25. The fourth-order valence-corrected chi connectivity index (χ4v) is 3.45. The molecule has 2 fully saturated rings. The summed E-state index contributed by atoms with van der Waals surface area (Å²) in [5.41, 5.74) is 0.326. The van der Waals surface area contributed by atoms with E-state index in [0.717, 1.165) is 12.6 Å². The first-order chi connectivity index (χ1) is 8.04. The Bertz CT molecular complexity index is 246. The van der Waals surface area contributed by atoms with Gasteiger partial charge in [0.2, 0.25) is 0 Å². The van der Waals surface area contributed by atoms with Crippen molar-refractivity contribution in [2.24, 2.45) is 0 Å². The van der Waals surface area contributed by atoms with E-state index in [9.17, 15) is 0 Å². The first-order valence-corrected chi connectivity index (χ1v) is 7.16. The van der Waals surface area contributed by atoms with Crippen LogP contribution >= 0.6 is 0 Å². The van der Waals surface area contributed by atoms with Gasteiger partial charge in [-0.15, -0.1) is 0 Å². The van der Waals surface area contributed by atoms with Gasteiger partial charge in [-0.2, -0.15) is 0 Å². The third kappa shape index (κ3) is 2.83. The van der Waals surface area contributed by atoms with Crippen LogP contribution in [0.5, 0.6) is 0 Å². The highest BCUT2D eigenvalue weighted by Gasteiger charge is 2.39. The van der Waals surface area contributed by atoms with E-state index in [-0.39, 0.29) is 0 Å². The number of piperazine rings is 1. The topological polar surface area (TPSA) is 18.5 Å². The van der Waals surface area contributed by atoms with E-state index in [1.54, 1.807) is 0 Å². The Morgan fingerprint density at radius 1 is 1.24 bits per heavy atom. The number of nitrogens with one attached hydrogen (secondary N) is 1. The Labute approximate surface area is 107 Å². The molecule has 100 valence electrons. The molecule has 1 aliphatic carbocycles. The maximum Gasteiger partial charge on any atom is 0.0351 e. The molecule has 1 heterocycles. The maximum atomic E-state index is 3.37. The summed E-state index contributed by atoms with van der Waals surface area (Å²) < 4.78 is 0. The van der Waals surface area contributed by atoms with Gasteiger partial charge in [-0.25, -0.2) is 0 Å². The normalized spacial score (nSPS) is 32.1. The summed E-state index contributed by atoms with van der Waals surface area (Å²) in [7, 11) is 4.35. The summed E-state index contributed by atoms with van der Waals surface area (Å²) in [4.78, 5) is 5.32. The summed E-state index contributed by atoms with van der Waals surface area (Å²) in [6, 6.07) is 1.54. The fraction of sp³-hybridized carbons (Fsp3) is 1.00. The zero-order chi connectivity index (χ0) is 12.5. The van der Waals surface area contributed by atoms with Crippen LogP contribution in [0.15, 0.2) is 0 Å². The van der Waals surface area contributed by atoms with Crippen LogP contribution in [0, 0.1) is 0 Å². The number of hydrogen-bond acceptors (Lipinski definition) is 3. The molecule has 0 amide bonds. The molecule has 2 aliphatic rings. The van der Waals surface area contributed by atoms with Gasteiger partial charge in [0.05, 0.1) is 0 Å². The maximum absolute atomic E-state index is 3.37. The van der Waals surface area contributed by atoms with Crippen molar-refractivity contribution in [1.29, 1.82) is 0 Å². The van der Waals surface area contributed by atoms with E-state index in [2.05, 4.69) is 43.1 Å². The van der Waals surface area contributed by atoms with Gasteiger partial charge in [0.1, 0.15) is 0 Å². The SMILES string of the molecule is CNCC1CN(C)C(C)(C)CN1C1CCCC1. The Morgan fingerprint density at radius 2 is 1.88 bits per heavy atom. The summed E-state index contributed by atoms with van der Waals surface area (Å²) in [6.07, 6.45) is 5.70. The number of hydrogen-bond donors (Lipinski definition) is 1. The standard InChI is InChI=1S/C14H29N3/c1-14(2)11-17(12-7-5-6-8-12)13(9-15-3)10-16(14)4/h12-13,15H,5-11H2,1-4H3. The minimum Gasteiger partial charge on any atom is -0.318 e. The molecule has 0 bridgehead atoms. The van der Waals surface area contributed by atoms with E-state index in [4.69, 9.17) is 0 Å². The molecule has 0 spiro atoms. The van der Waals surface area contributed by atoms with Crippen molar-refractivity contribution < 1.29 is 0 Å². The Balaban J connectivity index is 2.07. The van der Waals surface area contributed by atoms with Crippen LogP contribution in [0.1, 0.15) is 39.5 Å². The third-order valence-corrected chi connectivity index (χ3v) is 4.79. The van der Waals surface area contributed by atoms with Gasteiger partial charge in [0, 0.05) is 37.3 Å². The molecule has 2 rings (SSSR count). The molecule has 1 N–H and O–H groups in total. The largest absolute Gasteiger partial charge is 0.318 e. The van der Waals surface area contributed by atoms with Gasteiger partial charge in [-0.1, -0.05) is 12.8 Å². The number of nitrogens with zero attached hydrogens (tertiary/aromatic N) is 2. The zero-order valence-corrected chi connectivity index (χ0v) is 12.0. The second-order valence-corrected chi connectivity index (χ2v) is 6.52. The van der Waals surface area contributed by atoms with Gasteiger partial charge in [-0.3, -0.25) is 9.80 Å². The molecule has 1 saturated carbocycles. The van der Waals surface area contributed by atoms with Crippen molar-refractivity contribution in [3.63, 3.8) is 0 Å². The highest BCUT2D eigenvalue weighted by Crippen LogP contribution is 2.31. The molecular formula is C14H29N3. The first-order valence-electron chi connectivity index (χ1n) is 7.16. The number of rotatable bonds is 3. The average Bonchev–Trinajstić information content (AvgIpc) is 2.77. The van der Waals surface area contributed by atoms with Crippen LogP contribution in [0.2, 0.25) is 0 Å². The predicted molar refractivity (Wildman–Crippen MR) is 73.4 cm³/mol. The average molecular weight is 239 g/mol. The van der Waals surface area contributed by atoms with E-state index in [1.165, 1.54) is 38.8 Å². The molecule has 0 radical (unpaired) electrons. The monoisotopic (exact) mass is 239 g/mol. The molecule has 1 aliphatic heterocycles. The van der Waals surface area contributed by atoms with Crippen LogP contribution in [0.4, 0.5) is 0 Å². The summed E-state index contributed by atoms with van der Waals surface area (Å²) in [6.45, 7) is 8.30. The summed E-state index contributed by atoms with van der Waals surface area (Å²) >= 11 is 0. The molecule has 1 saturated heterocycles. The highest BCUT2D eigenvalue weighted by atomic mass is 15.3. The Hall–Kier alpha value is -0.120. The fourth-order valence-electron chi connectivity index (χ4n) is 3.45. The molecule has 0 aromatic heterocycles. The van der Waals surface area contributed by atoms with Crippen LogP contribution in [0.25, 0.3) is 0 Å².